The van der Waals surface area contributed by atoms with Crippen molar-refractivity contribution in [3.8, 4) is 5.75 Å². The van der Waals surface area contributed by atoms with Gasteiger partial charge < -0.3 is 10.1 Å². The van der Waals surface area contributed by atoms with Gasteiger partial charge in [-0.15, -0.1) is 0 Å². The van der Waals surface area contributed by atoms with E-state index in [-0.39, 0.29) is 17.0 Å². The molecule has 0 atom stereocenters. The first-order valence-corrected chi connectivity index (χ1v) is 8.74. The van der Waals surface area contributed by atoms with E-state index < -0.39 is 15.9 Å². The van der Waals surface area contributed by atoms with E-state index in [2.05, 4.69) is 5.32 Å². The molecule has 7 heteroatoms. The molecular formula is C17H20N2O4S. The molecule has 24 heavy (non-hydrogen) atoms. The highest BCUT2D eigenvalue weighted by atomic mass is 32.2. The number of carbonyl (C=O) groups is 1. The summed E-state index contributed by atoms with van der Waals surface area (Å²) in [6.07, 6.45) is 0. The number of carbonyl (C=O) groups excluding carboxylic acids is 1. The molecule has 2 aromatic rings. The molecule has 0 aromatic heterocycles. The van der Waals surface area contributed by atoms with Gasteiger partial charge in [-0.2, -0.15) is 4.31 Å². The maximum absolute atomic E-state index is 12.8. The predicted molar refractivity (Wildman–Crippen MR) is 91.5 cm³/mol. The summed E-state index contributed by atoms with van der Waals surface area (Å²) in [5, 5.41) is 2.48. The van der Waals surface area contributed by atoms with Crippen LogP contribution in [0.25, 0.3) is 0 Å². The Morgan fingerprint density at radius 2 is 1.83 bits per heavy atom. The molecule has 128 valence electrons. The highest BCUT2D eigenvalue weighted by molar-refractivity contribution is 7.89. The third-order valence-electron chi connectivity index (χ3n) is 3.60. The molecule has 0 radical (unpaired) electrons. The van der Waals surface area contributed by atoms with Gasteiger partial charge in [0.1, 0.15) is 5.75 Å². The van der Waals surface area contributed by atoms with Crippen LogP contribution in [0.15, 0.2) is 53.4 Å². The lowest BCUT2D eigenvalue weighted by atomic mass is 10.2. The third kappa shape index (κ3) is 3.74. The molecule has 0 aliphatic carbocycles. The van der Waals surface area contributed by atoms with Crippen LogP contribution in [0.2, 0.25) is 0 Å². The van der Waals surface area contributed by atoms with Gasteiger partial charge in [-0.05, 0) is 23.8 Å². The molecule has 1 N–H and O–H groups in total. The van der Waals surface area contributed by atoms with E-state index in [0.717, 1.165) is 5.56 Å². The van der Waals surface area contributed by atoms with Crippen LogP contribution >= 0.6 is 0 Å². The summed E-state index contributed by atoms with van der Waals surface area (Å²) in [4.78, 5) is 12.0. The van der Waals surface area contributed by atoms with Crippen molar-refractivity contribution in [1.29, 1.82) is 0 Å². The number of rotatable bonds is 6. The standard InChI is InChI=1S/C17H20N2O4S/c1-18-17(20)15-11-14(9-10-16(15)23-3)24(21,22)19(2)12-13-7-5-4-6-8-13/h4-11H,12H2,1-3H3,(H,18,20). The lowest BCUT2D eigenvalue weighted by Gasteiger charge is -2.18. The molecule has 0 fully saturated rings. The highest BCUT2D eigenvalue weighted by Gasteiger charge is 2.23. The minimum absolute atomic E-state index is 0.0420. The molecule has 0 saturated carbocycles. The number of nitrogens with one attached hydrogen (secondary N) is 1. The molecule has 1 amide bonds. The Hall–Kier alpha value is -2.38. The first-order chi connectivity index (χ1) is 11.4. The van der Waals surface area contributed by atoms with Gasteiger partial charge in [0.05, 0.1) is 17.6 Å². The van der Waals surface area contributed by atoms with E-state index in [4.69, 9.17) is 4.74 Å². The average molecular weight is 348 g/mol. The second-order valence-corrected chi connectivity index (χ2v) is 7.23. The maximum Gasteiger partial charge on any atom is 0.254 e. The summed E-state index contributed by atoms with van der Waals surface area (Å²) >= 11 is 0. The van der Waals surface area contributed by atoms with Crippen molar-refractivity contribution >= 4 is 15.9 Å². The number of nitrogens with zero attached hydrogens (tertiary/aromatic N) is 1. The van der Waals surface area contributed by atoms with E-state index in [1.165, 1.54) is 43.7 Å². The van der Waals surface area contributed by atoms with Crippen LogP contribution in [-0.4, -0.2) is 39.8 Å². The summed E-state index contributed by atoms with van der Waals surface area (Å²) < 4.78 is 31.9. The van der Waals surface area contributed by atoms with Gasteiger partial charge in [-0.3, -0.25) is 4.79 Å². The van der Waals surface area contributed by atoms with E-state index >= 15 is 0 Å². The Bertz CT molecular complexity index is 820. The first-order valence-electron chi connectivity index (χ1n) is 7.30. The SMILES string of the molecule is CNC(=O)c1cc(S(=O)(=O)N(C)Cc2ccccc2)ccc1OC. The Kier molecular flexibility index (Phi) is 5.58. The smallest absolute Gasteiger partial charge is 0.254 e. The fraction of sp³-hybridized carbons (Fsp3) is 0.235. The Morgan fingerprint density at radius 3 is 2.42 bits per heavy atom. The molecule has 0 aliphatic heterocycles. The number of ether oxygens (including phenoxy) is 1. The van der Waals surface area contributed by atoms with Crippen LogP contribution in [0.5, 0.6) is 5.75 Å². The van der Waals surface area contributed by atoms with Crippen LogP contribution in [0.3, 0.4) is 0 Å². The van der Waals surface area contributed by atoms with Crippen molar-refractivity contribution in [3.05, 3.63) is 59.7 Å². The lowest BCUT2D eigenvalue weighted by molar-refractivity contribution is 0.0960. The predicted octanol–water partition coefficient (Wildman–Crippen LogP) is 1.88. The quantitative estimate of drug-likeness (QED) is 0.865. The van der Waals surface area contributed by atoms with Crippen molar-refractivity contribution in [3.63, 3.8) is 0 Å². The van der Waals surface area contributed by atoms with Gasteiger partial charge in [-0.1, -0.05) is 30.3 Å². The van der Waals surface area contributed by atoms with E-state index in [9.17, 15) is 13.2 Å². The zero-order valence-electron chi connectivity index (χ0n) is 13.8. The first kappa shape index (κ1) is 18.0. The molecule has 6 nitrogen and oxygen atoms in total. The monoisotopic (exact) mass is 348 g/mol. The molecule has 0 heterocycles. The topological polar surface area (TPSA) is 75.7 Å². The van der Waals surface area contributed by atoms with Crippen molar-refractivity contribution < 1.29 is 17.9 Å². The van der Waals surface area contributed by atoms with Crippen molar-refractivity contribution in [2.75, 3.05) is 21.2 Å². The number of hydrogen-bond acceptors (Lipinski definition) is 4. The zero-order valence-corrected chi connectivity index (χ0v) is 14.6. The molecule has 0 spiro atoms. The summed E-state index contributed by atoms with van der Waals surface area (Å²) in [6.45, 7) is 0.241. The fourth-order valence-corrected chi connectivity index (χ4v) is 3.45. The second kappa shape index (κ2) is 7.46. The molecule has 2 rings (SSSR count). The fourth-order valence-electron chi connectivity index (χ4n) is 2.27. The van der Waals surface area contributed by atoms with E-state index in [0.29, 0.717) is 5.75 Å². The Morgan fingerprint density at radius 1 is 1.17 bits per heavy atom. The number of methoxy groups -OCH3 is 1. The minimum atomic E-state index is -3.73. The molecule has 0 unspecified atom stereocenters. The molecule has 2 aromatic carbocycles. The van der Waals surface area contributed by atoms with Crippen LogP contribution in [0.4, 0.5) is 0 Å². The van der Waals surface area contributed by atoms with Crippen LogP contribution in [0, 0.1) is 0 Å². The van der Waals surface area contributed by atoms with Gasteiger partial charge in [0.25, 0.3) is 5.91 Å². The largest absolute Gasteiger partial charge is 0.496 e. The molecule has 0 bridgehead atoms. The van der Waals surface area contributed by atoms with Gasteiger partial charge in [0.15, 0.2) is 0 Å². The highest BCUT2D eigenvalue weighted by Crippen LogP contribution is 2.24. The van der Waals surface area contributed by atoms with Gasteiger partial charge >= 0.3 is 0 Å². The van der Waals surface area contributed by atoms with Gasteiger partial charge in [-0.25, -0.2) is 8.42 Å². The number of amides is 1. The van der Waals surface area contributed by atoms with Crippen molar-refractivity contribution in [2.24, 2.45) is 0 Å². The van der Waals surface area contributed by atoms with Crippen LogP contribution in [-0.2, 0) is 16.6 Å². The van der Waals surface area contributed by atoms with Crippen molar-refractivity contribution in [2.45, 2.75) is 11.4 Å². The second-order valence-electron chi connectivity index (χ2n) is 5.19. The number of hydrogen-bond donors (Lipinski definition) is 1. The zero-order chi connectivity index (χ0) is 17.7. The number of benzene rings is 2. The summed E-state index contributed by atoms with van der Waals surface area (Å²) in [5.41, 5.74) is 1.05. The van der Waals surface area contributed by atoms with Crippen molar-refractivity contribution in [1.82, 2.24) is 9.62 Å². The number of sulfonamides is 1. The van der Waals surface area contributed by atoms with Gasteiger partial charge in [0.2, 0.25) is 10.0 Å². The summed E-state index contributed by atoms with van der Waals surface area (Å²) in [7, 11) is 0.682. The van der Waals surface area contributed by atoms with Gasteiger partial charge in [0, 0.05) is 20.6 Å². The Labute approximate surface area is 142 Å². The molecular weight excluding hydrogens is 328 g/mol. The maximum atomic E-state index is 12.8. The lowest BCUT2D eigenvalue weighted by Crippen LogP contribution is -2.27. The van der Waals surface area contributed by atoms with Crippen LogP contribution < -0.4 is 10.1 Å². The van der Waals surface area contributed by atoms with E-state index in [1.807, 2.05) is 30.3 Å². The molecule has 0 saturated heterocycles. The van der Waals surface area contributed by atoms with E-state index in [1.54, 1.807) is 0 Å². The third-order valence-corrected chi connectivity index (χ3v) is 5.40. The minimum Gasteiger partial charge on any atom is -0.496 e. The summed E-state index contributed by atoms with van der Waals surface area (Å²) in [6, 6.07) is 13.5. The normalized spacial score (nSPS) is 11.3. The Balaban J connectivity index is 2.36. The average Bonchev–Trinajstić information content (AvgIpc) is 2.61. The van der Waals surface area contributed by atoms with Crippen LogP contribution in [0.1, 0.15) is 15.9 Å². The summed E-state index contributed by atoms with van der Waals surface area (Å²) in [5.74, 6) is -0.0892. The molecule has 0 aliphatic rings.